The third-order valence-electron chi connectivity index (χ3n) is 3.97. The second-order valence-corrected chi connectivity index (χ2v) is 6.75. The Labute approximate surface area is 148 Å². The molecular weight excluding hydrogens is 336 g/mol. The van der Waals surface area contributed by atoms with Crippen LogP contribution in [0.5, 0.6) is 5.75 Å². The van der Waals surface area contributed by atoms with Crippen LogP contribution in [0, 0.1) is 0 Å². The minimum Gasteiger partial charge on any atom is -0.487 e. The van der Waals surface area contributed by atoms with Crippen LogP contribution in [-0.2, 0) is 6.61 Å². The molecule has 0 saturated heterocycles. The molecule has 0 atom stereocenters. The molecule has 1 aromatic heterocycles. The van der Waals surface area contributed by atoms with Gasteiger partial charge in [-0.3, -0.25) is 14.9 Å². The van der Waals surface area contributed by atoms with Gasteiger partial charge in [0.25, 0.3) is 5.91 Å². The molecule has 0 aliphatic carbocycles. The van der Waals surface area contributed by atoms with Gasteiger partial charge >= 0.3 is 0 Å². The minimum absolute atomic E-state index is 0.0294. The average Bonchev–Trinajstić information content (AvgIpc) is 3.04. The number of amides is 1. The molecule has 1 N–H and O–H groups in total. The molecule has 2 heterocycles. The number of nitrogens with zero attached hydrogens (tertiary/aromatic N) is 1. The van der Waals surface area contributed by atoms with E-state index >= 15 is 0 Å². The van der Waals surface area contributed by atoms with Crippen molar-refractivity contribution in [3.8, 4) is 17.0 Å². The highest BCUT2D eigenvalue weighted by molar-refractivity contribution is 7.16. The van der Waals surface area contributed by atoms with Crippen LogP contribution in [0.15, 0.2) is 48.5 Å². The Morgan fingerprint density at radius 2 is 1.80 bits per heavy atom. The molecule has 3 aromatic rings. The molecule has 1 aliphatic heterocycles. The van der Waals surface area contributed by atoms with Crippen molar-refractivity contribution in [3.05, 3.63) is 64.5 Å². The number of carbonyl (C=O) groups is 2. The van der Waals surface area contributed by atoms with E-state index in [0.717, 1.165) is 21.9 Å². The lowest BCUT2D eigenvalue weighted by molar-refractivity contribution is 0.100. The summed E-state index contributed by atoms with van der Waals surface area (Å²) in [6.07, 6.45) is 0. The number of thiazole rings is 1. The Hall–Kier alpha value is -2.99. The van der Waals surface area contributed by atoms with Gasteiger partial charge in [-0.15, -0.1) is 0 Å². The Morgan fingerprint density at radius 1 is 1.08 bits per heavy atom. The van der Waals surface area contributed by atoms with E-state index in [2.05, 4.69) is 10.3 Å². The topological polar surface area (TPSA) is 68.3 Å². The third-order valence-corrected chi connectivity index (χ3v) is 4.92. The lowest BCUT2D eigenvalue weighted by Gasteiger charge is -2.15. The lowest BCUT2D eigenvalue weighted by Crippen LogP contribution is -2.11. The van der Waals surface area contributed by atoms with Crippen LogP contribution in [0.2, 0.25) is 0 Å². The highest BCUT2D eigenvalue weighted by Gasteiger charge is 2.22. The van der Waals surface area contributed by atoms with Gasteiger partial charge in [-0.05, 0) is 31.2 Å². The number of benzene rings is 2. The van der Waals surface area contributed by atoms with E-state index in [1.54, 1.807) is 24.3 Å². The molecule has 6 heteroatoms. The van der Waals surface area contributed by atoms with Crippen LogP contribution < -0.4 is 10.1 Å². The molecule has 5 nitrogen and oxygen atoms in total. The number of hydrogen-bond donors (Lipinski definition) is 1. The SMILES string of the molecule is CC(=O)c1ccc(C(=O)Nc2nc3c(s2)COc2ccccc2-3)cc1. The Balaban J connectivity index is 1.57. The van der Waals surface area contributed by atoms with Crippen LogP contribution in [-0.4, -0.2) is 16.7 Å². The summed E-state index contributed by atoms with van der Waals surface area (Å²) in [5.41, 5.74) is 2.85. The maximum atomic E-state index is 12.4. The van der Waals surface area contributed by atoms with E-state index in [4.69, 9.17) is 4.74 Å². The number of carbonyl (C=O) groups excluding carboxylic acids is 2. The fourth-order valence-corrected chi connectivity index (χ4v) is 3.55. The van der Waals surface area contributed by atoms with E-state index in [1.165, 1.54) is 18.3 Å². The number of ether oxygens (including phenoxy) is 1. The summed E-state index contributed by atoms with van der Waals surface area (Å²) >= 11 is 1.41. The zero-order valence-corrected chi connectivity index (χ0v) is 14.2. The normalized spacial score (nSPS) is 11.9. The highest BCUT2D eigenvalue weighted by Crippen LogP contribution is 2.40. The van der Waals surface area contributed by atoms with Crippen molar-refractivity contribution in [2.24, 2.45) is 0 Å². The van der Waals surface area contributed by atoms with E-state index < -0.39 is 0 Å². The van der Waals surface area contributed by atoms with Crippen LogP contribution in [0.3, 0.4) is 0 Å². The fraction of sp³-hybridized carbons (Fsp3) is 0.105. The van der Waals surface area contributed by atoms with Gasteiger partial charge in [-0.2, -0.15) is 0 Å². The minimum atomic E-state index is -0.254. The number of aromatic nitrogens is 1. The number of fused-ring (bicyclic) bond motifs is 3. The van der Waals surface area contributed by atoms with Gasteiger partial charge in [0.15, 0.2) is 10.9 Å². The van der Waals surface area contributed by atoms with Crippen molar-refractivity contribution in [3.63, 3.8) is 0 Å². The number of para-hydroxylation sites is 1. The zero-order valence-electron chi connectivity index (χ0n) is 13.4. The van der Waals surface area contributed by atoms with Gasteiger partial charge < -0.3 is 4.74 Å². The first-order valence-corrected chi connectivity index (χ1v) is 8.58. The van der Waals surface area contributed by atoms with E-state index in [0.29, 0.717) is 22.9 Å². The summed E-state index contributed by atoms with van der Waals surface area (Å²) in [4.78, 5) is 29.2. The Kier molecular flexibility index (Phi) is 3.82. The molecule has 0 radical (unpaired) electrons. The number of anilines is 1. The van der Waals surface area contributed by atoms with Crippen LogP contribution in [0.25, 0.3) is 11.3 Å². The quantitative estimate of drug-likeness (QED) is 0.720. The second kappa shape index (κ2) is 6.14. The third kappa shape index (κ3) is 2.92. The first-order valence-electron chi connectivity index (χ1n) is 7.76. The zero-order chi connectivity index (χ0) is 17.4. The molecule has 4 rings (SSSR count). The molecule has 0 saturated carbocycles. The molecule has 1 amide bonds. The summed E-state index contributed by atoms with van der Waals surface area (Å²) in [7, 11) is 0. The van der Waals surface area contributed by atoms with Crippen molar-refractivity contribution >= 4 is 28.2 Å². The van der Waals surface area contributed by atoms with Gasteiger partial charge in [0.1, 0.15) is 12.4 Å². The summed E-state index contributed by atoms with van der Waals surface area (Å²) in [6.45, 7) is 1.95. The van der Waals surface area contributed by atoms with Crippen molar-refractivity contribution in [1.29, 1.82) is 0 Å². The van der Waals surface area contributed by atoms with Crippen LogP contribution in [0.1, 0.15) is 32.5 Å². The summed E-state index contributed by atoms with van der Waals surface area (Å²) in [5.74, 6) is 0.520. The standard InChI is InChI=1S/C19H14N2O3S/c1-11(22)12-6-8-13(9-7-12)18(23)21-19-20-17-14-4-2-3-5-15(14)24-10-16(17)25-19/h2-9H,10H2,1H3,(H,20,21,23). The molecule has 0 unspecified atom stereocenters. The van der Waals surface area contributed by atoms with Crippen LogP contribution >= 0.6 is 11.3 Å². The summed E-state index contributed by atoms with van der Waals surface area (Å²) < 4.78 is 5.71. The second-order valence-electron chi connectivity index (χ2n) is 5.66. The Bertz CT molecular complexity index is 977. The molecule has 0 fully saturated rings. The summed E-state index contributed by atoms with van der Waals surface area (Å²) in [5, 5.41) is 3.36. The van der Waals surface area contributed by atoms with Gasteiger partial charge in [-0.1, -0.05) is 35.6 Å². The maximum absolute atomic E-state index is 12.4. The monoisotopic (exact) mass is 350 g/mol. The van der Waals surface area contributed by atoms with E-state index in [9.17, 15) is 9.59 Å². The highest BCUT2D eigenvalue weighted by atomic mass is 32.1. The molecule has 25 heavy (non-hydrogen) atoms. The predicted molar refractivity (Wildman–Crippen MR) is 96.3 cm³/mol. The lowest BCUT2D eigenvalue weighted by atomic mass is 10.1. The first kappa shape index (κ1) is 15.5. The van der Waals surface area contributed by atoms with Crippen LogP contribution in [0.4, 0.5) is 5.13 Å². The summed E-state index contributed by atoms with van der Waals surface area (Å²) in [6, 6.07) is 14.3. The molecule has 0 spiro atoms. The number of nitrogens with one attached hydrogen (secondary N) is 1. The Morgan fingerprint density at radius 3 is 2.56 bits per heavy atom. The smallest absolute Gasteiger partial charge is 0.257 e. The average molecular weight is 350 g/mol. The van der Waals surface area contributed by atoms with Gasteiger partial charge in [0.2, 0.25) is 0 Å². The van der Waals surface area contributed by atoms with Gasteiger partial charge in [0, 0.05) is 16.7 Å². The van der Waals surface area contributed by atoms with Crippen molar-refractivity contribution < 1.29 is 14.3 Å². The van der Waals surface area contributed by atoms with Crippen molar-refractivity contribution in [2.45, 2.75) is 13.5 Å². The van der Waals surface area contributed by atoms with E-state index in [1.807, 2.05) is 24.3 Å². The number of ketones is 1. The predicted octanol–water partition coefficient (Wildman–Crippen LogP) is 4.16. The van der Waals surface area contributed by atoms with Crippen molar-refractivity contribution in [2.75, 3.05) is 5.32 Å². The molecular formula is C19H14N2O3S. The van der Waals surface area contributed by atoms with Crippen molar-refractivity contribution in [1.82, 2.24) is 4.98 Å². The van der Waals surface area contributed by atoms with Gasteiger partial charge in [-0.25, -0.2) is 4.98 Å². The van der Waals surface area contributed by atoms with E-state index in [-0.39, 0.29) is 11.7 Å². The molecule has 1 aliphatic rings. The number of hydrogen-bond acceptors (Lipinski definition) is 5. The largest absolute Gasteiger partial charge is 0.487 e. The maximum Gasteiger partial charge on any atom is 0.257 e. The number of Topliss-reactive ketones (excluding diaryl/α,β-unsaturated/α-hetero) is 1. The molecule has 2 aromatic carbocycles. The molecule has 0 bridgehead atoms. The molecule has 124 valence electrons. The first-order chi connectivity index (χ1) is 12.1. The number of rotatable bonds is 3. The van der Waals surface area contributed by atoms with Gasteiger partial charge in [0.05, 0.1) is 10.6 Å². The fourth-order valence-electron chi connectivity index (χ4n) is 2.67.